The summed E-state index contributed by atoms with van der Waals surface area (Å²) in [6, 6.07) is 1.93. The van der Waals surface area contributed by atoms with Crippen LogP contribution in [0.3, 0.4) is 0 Å². The minimum atomic E-state index is 0.321. The van der Waals surface area contributed by atoms with Gasteiger partial charge >= 0.3 is 0 Å². The summed E-state index contributed by atoms with van der Waals surface area (Å²) < 4.78 is 4.16. The number of aromatic nitrogens is 4. The van der Waals surface area contributed by atoms with Crippen molar-refractivity contribution in [2.45, 2.75) is 38.8 Å². The van der Waals surface area contributed by atoms with Crippen LogP contribution in [0.2, 0.25) is 0 Å². The van der Waals surface area contributed by atoms with E-state index in [0.717, 1.165) is 50.5 Å². The van der Waals surface area contributed by atoms with Crippen molar-refractivity contribution in [2.75, 3.05) is 13.1 Å². The first-order valence-electron chi connectivity index (χ1n) is 8.08. The van der Waals surface area contributed by atoms with Crippen LogP contribution in [-0.4, -0.2) is 43.2 Å². The number of rotatable bonds is 4. The first kappa shape index (κ1) is 13.5. The Morgan fingerprint density at radius 1 is 1.27 bits per heavy atom. The second-order valence-electron chi connectivity index (χ2n) is 6.30. The van der Waals surface area contributed by atoms with Gasteiger partial charge in [-0.05, 0) is 24.8 Å². The normalized spacial score (nSPS) is 18.1. The van der Waals surface area contributed by atoms with Crippen molar-refractivity contribution in [2.24, 2.45) is 5.92 Å². The summed E-state index contributed by atoms with van der Waals surface area (Å²) >= 11 is 0. The van der Waals surface area contributed by atoms with Crippen molar-refractivity contribution in [1.82, 2.24) is 24.2 Å². The fourth-order valence-corrected chi connectivity index (χ4v) is 3.13. The minimum Gasteiger partial charge on any atom is -0.340 e. The number of hydrogen-bond donors (Lipinski definition) is 0. The molecular weight excluding hydrogens is 278 g/mol. The van der Waals surface area contributed by atoms with Gasteiger partial charge in [0, 0.05) is 44.9 Å². The molecule has 0 bridgehead atoms. The highest BCUT2D eigenvalue weighted by molar-refractivity contribution is 5.76. The van der Waals surface area contributed by atoms with Crippen LogP contribution in [-0.2, 0) is 24.3 Å². The third-order valence-electron chi connectivity index (χ3n) is 4.62. The second-order valence-corrected chi connectivity index (χ2v) is 6.30. The molecule has 0 unspecified atom stereocenters. The van der Waals surface area contributed by atoms with E-state index in [4.69, 9.17) is 0 Å². The zero-order valence-electron chi connectivity index (χ0n) is 12.7. The largest absolute Gasteiger partial charge is 0.340 e. The lowest BCUT2D eigenvalue weighted by Gasteiger charge is -2.20. The zero-order valence-corrected chi connectivity index (χ0v) is 12.7. The van der Waals surface area contributed by atoms with Crippen molar-refractivity contribution in [1.29, 1.82) is 0 Å². The van der Waals surface area contributed by atoms with Gasteiger partial charge in [0.1, 0.15) is 5.82 Å². The molecule has 1 saturated carbocycles. The number of imidazole rings is 1. The summed E-state index contributed by atoms with van der Waals surface area (Å²) in [5, 5.41) is 4.26. The quantitative estimate of drug-likeness (QED) is 0.855. The predicted octanol–water partition coefficient (Wildman–Crippen LogP) is 1.31. The van der Waals surface area contributed by atoms with E-state index >= 15 is 0 Å². The molecule has 0 N–H and O–H groups in total. The van der Waals surface area contributed by atoms with Crippen LogP contribution in [0, 0.1) is 5.92 Å². The van der Waals surface area contributed by atoms with E-state index in [9.17, 15) is 4.79 Å². The highest BCUT2D eigenvalue weighted by Crippen LogP contribution is 2.33. The Morgan fingerprint density at radius 3 is 2.95 bits per heavy atom. The lowest BCUT2D eigenvalue weighted by molar-refractivity contribution is -0.131. The van der Waals surface area contributed by atoms with Crippen molar-refractivity contribution in [3.05, 3.63) is 36.2 Å². The summed E-state index contributed by atoms with van der Waals surface area (Å²) in [5.41, 5.74) is 1.16. The summed E-state index contributed by atoms with van der Waals surface area (Å²) in [6.45, 7) is 3.16. The summed E-state index contributed by atoms with van der Waals surface area (Å²) in [5.74, 6) is 2.06. The molecule has 0 atom stereocenters. The van der Waals surface area contributed by atoms with E-state index in [1.807, 2.05) is 28.0 Å². The first-order valence-corrected chi connectivity index (χ1v) is 8.08. The average molecular weight is 299 g/mol. The lowest BCUT2D eigenvalue weighted by Crippen LogP contribution is -2.33. The van der Waals surface area contributed by atoms with Gasteiger partial charge in [0.05, 0.1) is 18.4 Å². The number of carbonyl (C=O) groups is 1. The molecular formula is C16H21N5O. The molecule has 1 aliphatic carbocycles. The fourth-order valence-electron chi connectivity index (χ4n) is 3.13. The molecule has 1 amide bonds. The Balaban J connectivity index is 1.45. The smallest absolute Gasteiger partial charge is 0.222 e. The van der Waals surface area contributed by atoms with E-state index in [1.165, 1.54) is 12.8 Å². The fraction of sp³-hybridized carbons (Fsp3) is 0.562. The van der Waals surface area contributed by atoms with Crippen LogP contribution < -0.4 is 0 Å². The molecule has 2 aromatic rings. The molecule has 0 spiro atoms. The Bertz CT molecular complexity index is 656. The number of carbonyl (C=O) groups excluding carboxylic acids is 1. The van der Waals surface area contributed by atoms with Gasteiger partial charge in [-0.15, -0.1) is 0 Å². The van der Waals surface area contributed by atoms with Gasteiger partial charge in [-0.3, -0.25) is 9.48 Å². The molecule has 116 valence electrons. The molecule has 2 aliphatic rings. The van der Waals surface area contributed by atoms with Crippen molar-refractivity contribution < 1.29 is 4.79 Å². The Hall–Kier alpha value is -2.11. The summed E-state index contributed by atoms with van der Waals surface area (Å²) in [7, 11) is 0. The van der Waals surface area contributed by atoms with Crippen molar-refractivity contribution in [3.63, 3.8) is 0 Å². The van der Waals surface area contributed by atoms with Crippen molar-refractivity contribution in [3.8, 4) is 0 Å². The summed E-state index contributed by atoms with van der Waals surface area (Å²) in [6.07, 6.45) is 9.74. The van der Waals surface area contributed by atoms with Gasteiger partial charge in [-0.25, -0.2) is 4.98 Å². The molecule has 2 aromatic heterocycles. The van der Waals surface area contributed by atoms with Crippen LogP contribution >= 0.6 is 0 Å². The van der Waals surface area contributed by atoms with Gasteiger partial charge in [0.2, 0.25) is 5.91 Å². The molecule has 4 rings (SSSR count). The molecule has 0 aromatic carbocycles. The van der Waals surface area contributed by atoms with Crippen LogP contribution in [0.5, 0.6) is 0 Å². The molecule has 6 heteroatoms. The zero-order chi connectivity index (χ0) is 14.9. The van der Waals surface area contributed by atoms with E-state index in [0.29, 0.717) is 11.8 Å². The molecule has 1 aliphatic heterocycles. The number of hydrogen-bond acceptors (Lipinski definition) is 3. The van der Waals surface area contributed by atoms with Crippen LogP contribution in [0.4, 0.5) is 0 Å². The van der Waals surface area contributed by atoms with Crippen LogP contribution in [0.15, 0.2) is 24.7 Å². The topological polar surface area (TPSA) is 56.0 Å². The van der Waals surface area contributed by atoms with E-state index in [1.54, 1.807) is 6.20 Å². The third-order valence-corrected chi connectivity index (χ3v) is 4.62. The number of fused-ring (bicyclic) bond motifs is 1. The van der Waals surface area contributed by atoms with Gasteiger partial charge in [0.25, 0.3) is 0 Å². The Kier molecular flexibility index (Phi) is 3.44. The van der Waals surface area contributed by atoms with Gasteiger partial charge < -0.3 is 9.47 Å². The van der Waals surface area contributed by atoms with Gasteiger partial charge in [-0.2, -0.15) is 5.10 Å². The maximum atomic E-state index is 12.3. The van der Waals surface area contributed by atoms with E-state index in [2.05, 4.69) is 14.6 Å². The Labute approximate surface area is 129 Å². The van der Waals surface area contributed by atoms with Gasteiger partial charge in [-0.1, -0.05) is 0 Å². The maximum absolute atomic E-state index is 12.3. The monoisotopic (exact) mass is 299 g/mol. The third kappa shape index (κ3) is 2.77. The second kappa shape index (κ2) is 5.59. The highest BCUT2D eigenvalue weighted by atomic mass is 16.2. The van der Waals surface area contributed by atoms with Crippen LogP contribution in [0.1, 0.15) is 30.8 Å². The lowest BCUT2D eigenvalue weighted by atomic mass is 10.2. The molecule has 1 fully saturated rings. The average Bonchev–Trinajstić information content (AvgIpc) is 3.11. The van der Waals surface area contributed by atoms with E-state index in [-0.39, 0.29) is 0 Å². The summed E-state index contributed by atoms with van der Waals surface area (Å²) in [4.78, 5) is 18.9. The van der Waals surface area contributed by atoms with Crippen LogP contribution in [0.25, 0.3) is 0 Å². The SMILES string of the molecule is O=C(CC1CC1)N1CCc2ncc(Cn3cccn3)n2CC1. The van der Waals surface area contributed by atoms with Gasteiger partial charge in [0.15, 0.2) is 0 Å². The predicted molar refractivity (Wildman–Crippen MR) is 81.2 cm³/mol. The molecule has 6 nitrogen and oxygen atoms in total. The highest BCUT2D eigenvalue weighted by Gasteiger charge is 2.28. The Morgan fingerprint density at radius 2 is 2.18 bits per heavy atom. The number of nitrogens with zero attached hydrogens (tertiary/aromatic N) is 5. The molecule has 3 heterocycles. The minimum absolute atomic E-state index is 0.321. The molecule has 22 heavy (non-hydrogen) atoms. The molecule has 0 saturated heterocycles. The molecule has 0 radical (unpaired) electrons. The first-order chi connectivity index (χ1) is 10.8. The standard InChI is InChI=1S/C16H21N5O/c22-16(10-13-2-3-13)19-7-4-15-17-11-14(21(15)9-8-19)12-20-6-1-5-18-20/h1,5-6,11,13H,2-4,7-10,12H2. The maximum Gasteiger partial charge on any atom is 0.222 e. The number of amides is 1. The van der Waals surface area contributed by atoms with Crippen molar-refractivity contribution >= 4 is 5.91 Å². The van der Waals surface area contributed by atoms with E-state index < -0.39 is 0 Å².